The van der Waals surface area contributed by atoms with Gasteiger partial charge >= 0.3 is 0 Å². The summed E-state index contributed by atoms with van der Waals surface area (Å²) in [6.45, 7) is 1.97. The van der Waals surface area contributed by atoms with Gasteiger partial charge in [-0.2, -0.15) is 0 Å². The SMILES string of the molecule is OC1CCC(CNCc2csc3ccccc23)C1. The molecule has 2 unspecified atom stereocenters. The Morgan fingerprint density at radius 3 is 3.00 bits per heavy atom. The van der Waals surface area contributed by atoms with Crippen molar-refractivity contribution >= 4 is 21.4 Å². The molecule has 1 fully saturated rings. The van der Waals surface area contributed by atoms with E-state index in [0.29, 0.717) is 5.92 Å². The molecule has 1 aliphatic carbocycles. The number of hydrogen-bond acceptors (Lipinski definition) is 3. The largest absolute Gasteiger partial charge is 0.393 e. The van der Waals surface area contributed by atoms with E-state index in [9.17, 15) is 5.11 Å². The number of rotatable bonds is 4. The molecule has 1 aliphatic rings. The van der Waals surface area contributed by atoms with Gasteiger partial charge in [-0.1, -0.05) is 18.2 Å². The summed E-state index contributed by atoms with van der Waals surface area (Å²) in [7, 11) is 0. The van der Waals surface area contributed by atoms with E-state index in [4.69, 9.17) is 0 Å². The number of thiophene rings is 1. The second-order valence-electron chi connectivity index (χ2n) is 5.22. The number of hydrogen-bond donors (Lipinski definition) is 2. The molecule has 2 aromatic rings. The van der Waals surface area contributed by atoms with Crippen molar-refractivity contribution < 1.29 is 5.11 Å². The van der Waals surface area contributed by atoms with Crippen LogP contribution in [0.15, 0.2) is 29.6 Å². The second kappa shape index (κ2) is 5.39. The lowest BCUT2D eigenvalue weighted by molar-refractivity contribution is 0.177. The maximum absolute atomic E-state index is 9.50. The molecule has 0 saturated heterocycles. The van der Waals surface area contributed by atoms with Crippen LogP contribution in [0.4, 0.5) is 0 Å². The normalized spacial score (nSPS) is 23.8. The van der Waals surface area contributed by atoms with Gasteiger partial charge in [-0.3, -0.25) is 0 Å². The molecule has 2 atom stereocenters. The van der Waals surface area contributed by atoms with Gasteiger partial charge in [-0.15, -0.1) is 11.3 Å². The molecule has 1 aromatic carbocycles. The number of nitrogens with one attached hydrogen (secondary N) is 1. The molecular weight excluding hydrogens is 242 g/mol. The first-order chi connectivity index (χ1) is 8.83. The lowest BCUT2D eigenvalue weighted by Gasteiger charge is -2.10. The Morgan fingerprint density at radius 1 is 1.28 bits per heavy atom. The minimum Gasteiger partial charge on any atom is -0.393 e. The fraction of sp³-hybridized carbons (Fsp3) is 0.467. The van der Waals surface area contributed by atoms with E-state index in [1.54, 1.807) is 0 Å². The van der Waals surface area contributed by atoms with Crippen LogP contribution in [0.25, 0.3) is 10.1 Å². The zero-order valence-electron chi connectivity index (χ0n) is 10.4. The molecule has 2 N–H and O–H groups in total. The lowest BCUT2D eigenvalue weighted by atomic mass is 10.1. The molecule has 1 saturated carbocycles. The van der Waals surface area contributed by atoms with Gasteiger partial charge in [0.05, 0.1) is 6.10 Å². The minimum atomic E-state index is -0.0567. The summed E-state index contributed by atoms with van der Waals surface area (Å²) < 4.78 is 1.37. The van der Waals surface area contributed by atoms with Crippen LogP contribution in [0.1, 0.15) is 24.8 Å². The van der Waals surface area contributed by atoms with Crippen molar-refractivity contribution in [2.24, 2.45) is 5.92 Å². The van der Waals surface area contributed by atoms with E-state index < -0.39 is 0 Å². The summed E-state index contributed by atoms with van der Waals surface area (Å²) in [6, 6.07) is 8.57. The zero-order valence-corrected chi connectivity index (χ0v) is 11.2. The highest BCUT2D eigenvalue weighted by molar-refractivity contribution is 7.17. The Hall–Kier alpha value is -0.900. The third kappa shape index (κ3) is 2.58. The van der Waals surface area contributed by atoms with Crippen LogP contribution < -0.4 is 5.32 Å². The summed E-state index contributed by atoms with van der Waals surface area (Å²) in [4.78, 5) is 0. The molecule has 1 aromatic heterocycles. The standard InChI is InChI=1S/C15H19NOS/c17-13-6-5-11(7-13)8-16-9-12-10-18-15-4-2-1-3-14(12)15/h1-4,10-11,13,16-17H,5-9H2. The Morgan fingerprint density at radius 2 is 2.17 bits per heavy atom. The van der Waals surface area contributed by atoms with E-state index in [1.807, 2.05) is 11.3 Å². The van der Waals surface area contributed by atoms with Gasteiger partial charge in [0.25, 0.3) is 0 Å². The second-order valence-corrected chi connectivity index (χ2v) is 6.13. The fourth-order valence-electron chi connectivity index (χ4n) is 2.81. The topological polar surface area (TPSA) is 32.3 Å². The smallest absolute Gasteiger partial charge is 0.0543 e. The molecule has 2 nitrogen and oxygen atoms in total. The first-order valence-corrected chi connectivity index (χ1v) is 7.55. The van der Waals surface area contributed by atoms with E-state index in [0.717, 1.165) is 25.9 Å². The van der Waals surface area contributed by atoms with E-state index >= 15 is 0 Å². The fourth-order valence-corrected chi connectivity index (χ4v) is 3.78. The summed E-state index contributed by atoms with van der Waals surface area (Å²) in [5.74, 6) is 0.657. The highest BCUT2D eigenvalue weighted by atomic mass is 32.1. The van der Waals surface area contributed by atoms with Crippen LogP contribution in [-0.4, -0.2) is 17.8 Å². The highest BCUT2D eigenvalue weighted by Gasteiger charge is 2.22. The first-order valence-electron chi connectivity index (χ1n) is 6.67. The molecule has 0 aliphatic heterocycles. The van der Waals surface area contributed by atoms with Gasteiger partial charge in [0, 0.05) is 11.2 Å². The summed E-state index contributed by atoms with van der Waals surface area (Å²) in [5, 5.41) is 16.7. The van der Waals surface area contributed by atoms with E-state index in [2.05, 4.69) is 35.0 Å². The van der Waals surface area contributed by atoms with Crippen molar-refractivity contribution in [1.29, 1.82) is 0 Å². The molecular formula is C15H19NOS. The van der Waals surface area contributed by atoms with Crippen molar-refractivity contribution in [3.05, 3.63) is 35.2 Å². The molecule has 0 spiro atoms. The molecule has 3 heteroatoms. The van der Waals surface area contributed by atoms with Crippen LogP contribution in [0.2, 0.25) is 0 Å². The van der Waals surface area contributed by atoms with Gasteiger partial charge in [0.1, 0.15) is 0 Å². The zero-order chi connectivity index (χ0) is 12.4. The van der Waals surface area contributed by atoms with E-state index in [1.165, 1.54) is 22.1 Å². The number of aliphatic hydroxyl groups excluding tert-OH is 1. The number of fused-ring (bicyclic) bond motifs is 1. The monoisotopic (exact) mass is 261 g/mol. The van der Waals surface area contributed by atoms with Crippen LogP contribution in [0, 0.1) is 5.92 Å². The summed E-state index contributed by atoms with van der Waals surface area (Å²) in [6.07, 6.45) is 3.06. The van der Waals surface area contributed by atoms with Crippen molar-refractivity contribution in [1.82, 2.24) is 5.32 Å². The maximum Gasteiger partial charge on any atom is 0.0543 e. The molecule has 1 heterocycles. The maximum atomic E-state index is 9.50. The van der Waals surface area contributed by atoms with Crippen LogP contribution in [0.5, 0.6) is 0 Å². The Labute approximate surface area is 112 Å². The van der Waals surface area contributed by atoms with Crippen molar-refractivity contribution in [2.45, 2.75) is 31.9 Å². The van der Waals surface area contributed by atoms with Gasteiger partial charge in [-0.25, -0.2) is 0 Å². The average molecular weight is 261 g/mol. The van der Waals surface area contributed by atoms with E-state index in [-0.39, 0.29) is 6.10 Å². The molecule has 0 radical (unpaired) electrons. The van der Waals surface area contributed by atoms with Gasteiger partial charge in [0.2, 0.25) is 0 Å². The lowest BCUT2D eigenvalue weighted by Crippen LogP contribution is -2.21. The molecule has 0 amide bonds. The molecule has 3 rings (SSSR count). The number of aliphatic hydroxyl groups is 1. The van der Waals surface area contributed by atoms with Crippen molar-refractivity contribution in [2.75, 3.05) is 6.54 Å². The van der Waals surface area contributed by atoms with Crippen LogP contribution in [-0.2, 0) is 6.54 Å². The molecule has 0 bridgehead atoms. The minimum absolute atomic E-state index is 0.0567. The third-order valence-electron chi connectivity index (χ3n) is 3.82. The predicted octanol–water partition coefficient (Wildman–Crippen LogP) is 3.15. The van der Waals surface area contributed by atoms with Gasteiger partial charge < -0.3 is 10.4 Å². The van der Waals surface area contributed by atoms with Crippen LogP contribution >= 0.6 is 11.3 Å². The Bertz CT molecular complexity index is 522. The Kier molecular flexibility index (Phi) is 3.64. The molecule has 96 valence electrons. The van der Waals surface area contributed by atoms with Gasteiger partial charge in [-0.05, 0) is 54.1 Å². The van der Waals surface area contributed by atoms with Crippen LogP contribution in [0.3, 0.4) is 0 Å². The predicted molar refractivity (Wildman–Crippen MR) is 76.9 cm³/mol. The summed E-state index contributed by atoms with van der Waals surface area (Å²) >= 11 is 1.82. The third-order valence-corrected chi connectivity index (χ3v) is 4.84. The average Bonchev–Trinajstić information content (AvgIpc) is 2.97. The van der Waals surface area contributed by atoms with Gasteiger partial charge in [0.15, 0.2) is 0 Å². The summed E-state index contributed by atoms with van der Waals surface area (Å²) in [5.41, 5.74) is 1.40. The number of benzene rings is 1. The highest BCUT2D eigenvalue weighted by Crippen LogP contribution is 2.27. The first kappa shape index (κ1) is 12.2. The Balaban J connectivity index is 1.57. The van der Waals surface area contributed by atoms with Crippen molar-refractivity contribution in [3.8, 4) is 0 Å². The quantitative estimate of drug-likeness (QED) is 0.886. The molecule has 18 heavy (non-hydrogen) atoms. The van der Waals surface area contributed by atoms with Crippen molar-refractivity contribution in [3.63, 3.8) is 0 Å².